The van der Waals surface area contributed by atoms with Gasteiger partial charge in [-0.2, -0.15) is 0 Å². The molecule has 0 saturated carbocycles. The van der Waals surface area contributed by atoms with Gasteiger partial charge >= 0.3 is 0 Å². The number of nitrogen functional groups attached to an aromatic ring is 1. The van der Waals surface area contributed by atoms with Crippen LogP contribution in [0.2, 0.25) is 0 Å². The van der Waals surface area contributed by atoms with Crippen LogP contribution in [0.3, 0.4) is 0 Å². The summed E-state index contributed by atoms with van der Waals surface area (Å²) in [4.78, 5) is 0. The molecule has 0 unspecified atom stereocenters. The summed E-state index contributed by atoms with van der Waals surface area (Å²) in [6, 6.07) is 7.84. The quantitative estimate of drug-likeness (QED) is 0.650. The van der Waals surface area contributed by atoms with E-state index in [-0.39, 0.29) is 0 Å². The van der Waals surface area contributed by atoms with E-state index in [0.717, 1.165) is 18.5 Å². The van der Waals surface area contributed by atoms with Gasteiger partial charge in [-0.1, -0.05) is 23.9 Å². The maximum atomic E-state index is 5.70. The lowest BCUT2D eigenvalue weighted by Gasteiger charge is -1.99. The number of benzene rings is 1. The zero-order valence-electron chi connectivity index (χ0n) is 9.01. The SMILES string of the molecule is CSc1nnc(CCc2cccc(N)c2)o1. The molecule has 0 amide bonds. The van der Waals surface area contributed by atoms with E-state index in [1.165, 1.54) is 17.3 Å². The predicted molar refractivity (Wildman–Crippen MR) is 64.3 cm³/mol. The second-order valence-corrected chi connectivity index (χ2v) is 4.17. The van der Waals surface area contributed by atoms with Crippen molar-refractivity contribution in [2.24, 2.45) is 0 Å². The van der Waals surface area contributed by atoms with Crippen molar-refractivity contribution in [2.45, 2.75) is 18.1 Å². The van der Waals surface area contributed by atoms with E-state index in [1.807, 2.05) is 30.5 Å². The summed E-state index contributed by atoms with van der Waals surface area (Å²) in [5.41, 5.74) is 7.67. The van der Waals surface area contributed by atoms with Crippen molar-refractivity contribution in [3.8, 4) is 0 Å². The largest absolute Gasteiger partial charge is 0.416 e. The summed E-state index contributed by atoms with van der Waals surface area (Å²) < 4.78 is 5.39. The van der Waals surface area contributed by atoms with Crippen LogP contribution < -0.4 is 5.73 Å². The van der Waals surface area contributed by atoms with Gasteiger partial charge in [0.15, 0.2) is 0 Å². The predicted octanol–water partition coefficient (Wildman–Crippen LogP) is 2.16. The lowest BCUT2D eigenvalue weighted by Crippen LogP contribution is -1.93. The van der Waals surface area contributed by atoms with Crippen LogP contribution in [0.4, 0.5) is 5.69 Å². The molecular formula is C11H13N3OS. The molecule has 0 spiro atoms. The first kappa shape index (κ1) is 11.0. The average Bonchev–Trinajstić information content (AvgIpc) is 2.74. The molecule has 0 saturated heterocycles. The highest BCUT2D eigenvalue weighted by Gasteiger charge is 2.04. The lowest BCUT2D eigenvalue weighted by molar-refractivity contribution is 0.413. The normalized spacial score (nSPS) is 10.6. The molecule has 0 aliphatic carbocycles. The van der Waals surface area contributed by atoms with E-state index < -0.39 is 0 Å². The van der Waals surface area contributed by atoms with Crippen LogP contribution in [0.1, 0.15) is 11.5 Å². The van der Waals surface area contributed by atoms with Crippen LogP contribution in [0, 0.1) is 0 Å². The Morgan fingerprint density at radius 3 is 2.88 bits per heavy atom. The van der Waals surface area contributed by atoms with E-state index >= 15 is 0 Å². The smallest absolute Gasteiger partial charge is 0.276 e. The molecule has 84 valence electrons. The molecule has 1 heterocycles. The number of hydrogen-bond acceptors (Lipinski definition) is 5. The second-order valence-electron chi connectivity index (χ2n) is 3.41. The molecule has 5 heteroatoms. The molecular weight excluding hydrogens is 222 g/mol. The summed E-state index contributed by atoms with van der Waals surface area (Å²) in [5.74, 6) is 0.673. The van der Waals surface area contributed by atoms with Gasteiger partial charge in [0.2, 0.25) is 5.89 Å². The monoisotopic (exact) mass is 235 g/mol. The minimum atomic E-state index is 0.613. The van der Waals surface area contributed by atoms with Gasteiger partial charge in [0.1, 0.15) is 0 Å². The first-order valence-electron chi connectivity index (χ1n) is 4.98. The van der Waals surface area contributed by atoms with E-state index in [4.69, 9.17) is 10.2 Å². The minimum Gasteiger partial charge on any atom is -0.416 e. The maximum absolute atomic E-state index is 5.70. The van der Waals surface area contributed by atoms with E-state index in [2.05, 4.69) is 10.2 Å². The Morgan fingerprint density at radius 1 is 1.31 bits per heavy atom. The third kappa shape index (κ3) is 2.76. The first-order valence-corrected chi connectivity index (χ1v) is 6.21. The van der Waals surface area contributed by atoms with Gasteiger partial charge in [0.25, 0.3) is 5.22 Å². The van der Waals surface area contributed by atoms with Crippen molar-refractivity contribution < 1.29 is 4.42 Å². The van der Waals surface area contributed by atoms with Crippen LogP contribution in [0.5, 0.6) is 0 Å². The van der Waals surface area contributed by atoms with Crippen LogP contribution >= 0.6 is 11.8 Å². The first-order chi connectivity index (χ1) is 7.78. The molecule has 2 N–H and O–H groups in total. The fourth-order valence-corrected chi connectivity index (χ4v) is 1.72. The highest BCUT2D eigenvalue weighted by molar-refractivity contribution is 7.98. The van der Waals surface area contributed by atoms with Crippen molar-refractivity contribution in [2.75, 3.05) is 12.0 Å². The average molecular weight is 235 g/mol. The van der Waals surface area contributed by atoms with Crippen LogP contribution in [0.25, 0.3) is 0 Å². The fourth-order valence-electron chi connectivity index (χ4n) is 1.42. The molecule has 1 aromatic heterocycles. The third-order valence-corrected chi connectivity index (χ3v) is 2.72. The molecule has 0 radical (unpaired) electrons. The van der Waals surface area contributed by atoms with Gasteiger partial charge in [-0.05, 0) is 30.4 Å². The highest BCUT2D eigenvalue weighted by Crippen LogP contribution is 2.14. The third-order valence-electron chi connectivity index (χ3n) is 2.20. The van der Waals surface area contributed by atoms with Crippen molar-refractivity contribution in [3.05, 3.63) is 35.7 Å². The minimum absolute atomic E-state index is 0.613. The standard InChI is InChI=1S/C11H13N3OS/c1-16-11-14-13-10(15-11)6-5-8-3-2-4-9(12)7-8/h2-4,7H,5-6,12H2,1H3. The Morgan fingerprint density at radius 2 is 2.19 bits per heavy atom. The number of nitrogens with zero attached hydrogens (tertiary/aromatic N) is 2. The van der Waals surface area contributed by atoms with Crippen LogP contribution in [0.15, 0.2) is 33.9 Å². The number of aromatic nitrogens is 2. The van der Waals surface area contributed by atoms with Crippen LogP contribution in [-0.4, -0.2) is 16.5 Å². The molecule has 0 atom stereocenters. The summed E-state index contributed by atoms with van der Waals surface area (Å²) in [5, 5.41) is 8.46. The number of thioether (sulfide) groups is 1. The molecule has 16 heavy (non-hydrogen) atoms. The molecule has 0 aliphatic rings. The lowest BCUT2D eigenvalue weighted by atomic mass is 10.1. The van der Waals surface area contributed by atoms with Gasteiger partial charge < -0.3 is 10.2 Å². The summed E-state index contributed by atoms with van der Waals surface area (Å²) in [6.45, 7) is 0. The molecule has 0 fully saturated rings. The van der Waals surface area contributed by atoms with E-state index in [9.17, 15) is 0 Å². The number of nitrogens with two attached hydrogens (primary N) is 1. The van der Waals surface area contributed by atoms with E-state index in [0.29, 0.717) is 11.1 Å². The Kier molecular flexibility index (Phi) is 3.46. The van der Waals surface area contributed by atoms with Crippen molar-refractivity contribution in [3.63, 3.8) is 0 Å². The Bertz CT molecular complexity index is 470. The fraction of sp³-hybridized carbons (Fsp3) is 0.273. The maximum Gasteiger partial charge on any atom is 0.276 e. The Balaban J connectivity index is 1.96. The van der Waals surface area contributed by atoms with Gasteiger partial charge in [-0.25, -0.2) is 0 Å². The van der Waals surface area contributed by atoms with E-state index in [1.54, 1.807) is 0 Å². The summed E-state index contributed by atoms with van der Waals surface area (Å²) >= 11 is 1.45. The highest BCUT2D eigenvalue weighted by atomic mass is 32.2. The van der Waals surface area contributed by atoms with Gasteiger partial charge in [0, 0.05) is 12.1 Å². The molecule has 1 aromatic carbocycles. The summed E-state index contributed by atoms with van der Waals surface area (Å²) in [7, 11) is 0. The number of hydrogen-bond donors (Lipinski definition) is 1. The number of aryl methyl sites for hydroxylation is 2. The topological polar surface area (TPSA) is 64.9 Å². The summed E-state index contributed by atoms with van der Waals surface area (Å²) in [6.07, 6.45) is 3.52. The number of rotatable bonds is 4. The van der Waals surface area contributed by atoms with Crippen molar-refractivity contribution in [1.29, 1.82) is 0 Å². The van der Waals surface area contributed by atoms with Gasteiger partial charge in [-0.3, -0.25) is 0 Å². The van der Waals surface area contributed by atoms with Crippen molar-refractivity contribution >= 4 is 17.4 Å². The zero-order chi connectivity index (χ0) is 11.4. The van der Waals surface area contributed by atoms with Crippen molar-refractivity contribution in [1.82, 2.24) is 10.2 Å². The molecule has 2 rings (SSSR count). The molecule has 4 nitrogen and oxygen atoms in total. The van der Waals surface area contributed by atoms with Crippen LogP contribution in [-0.2, 0) is 12.8 Å². The molecule has 0 aliphatic heterocycles. The molecule has 0 bridgehead atoms. The zero-order valence-corrected chi connectivity index (χ0v) is 9.83. The Labute approximate surface area is 98.2 Å². The second kappa shape index (κ2) is 5.03. The number of anilines is 1. The molecule has 2 aromatic rings. The van der Waals surface area contributed by atoms with Gasteiger partial charge in [0.05, 0.1) is 0 Å². The van der Waals surface area contributed by atoms with Gasteiger partial charge in [-0.15, -0.1) is 10.2 Å². The Hall–Kier alpha value is -1.49.